The minimum Gasteiger partial charge on any atom is -0.435 e. The summed E-state index contributed by atoms with van der Waals surface area (Å²) in [5.41, 5.74) is 1.26. The lowest BCUT2D eigenvalue weighted by molar-refractivity contribution is -0.114. The van der Waals surface area contributed by atoms with Gasteiger partial charge >= 0.3 is 0 Å². The zero-order chi connectivity index (χ0) is 21.3. The molecule has 0 aliphatic carbocycles. The fraction of sp³-hybridized carbons (Fsp3) is 0.0952. The van der Waals surface area contributed by atoms with Crippen LogP contribution in [0.1, 0.15) is 0 Å². The van der Waals surface area contributed by atoms with Crippen LogP contribution in [0.5, 0.6) is 11.6 Å². The lowest BCUT2D eigenvalue weighted by Gasteiger charge is -2.14. The maximum atomic E-state index is 12.4. The summed E-state index contributed by atoms with van der Waals surface area (Å²) in [7, 11) is 0. The third-order valence-electron chi connectivity index (χ3n) is 3.76. The van der Waals surface area contributed by atoms with E-state index >= 15 is 0 Å². The molecule has 9 heteroatoms. The molecule has 0 aliphatic heterocycles. The SMILES string of the molecule is N#CCSc1ccccc1NC(=O)CNc1ccccc1Oc1ncc(Cl)cc1Cl. The minimum absolute atomic E-state index is 0.0133. The molecule has 0 saturated heterocycles. The molecule has 2 N–H and O–H groups in total. The van der Waals surface area contributed by atoms with Crippen molar-refractivity contribution in [2.45, 2.75) is 4.90 Å². The van der Waals surface area contributed by atoms with Gasteiger partial charge in [0.05, 0.1) is 34.8 Å². The van der Waals surface area contributed by atoms with Crippen LogP contribution in [-0.4, -0.2) is 23.2 Å². The van der Waals surface area contributed by atoms with Crippen LogP contribution in [0.2, 0.25) is 10.0 Å². The number of nitrogens with zero attached hydrogens (tertiary/aromatic N) is 2. The number of benzene rings is 2. The van der Waals surface area contributed by atoms with Crippen LogP contribution in [0.4, 0.5) is 11.4 Å². The molecule has 0 fully saturated rings. The Morgan fingerprint density at radius 2 is 1.87 bits per heavy atom. The number of para-hydroxylation sites is 3. The van der Waals surface area contributed by atoms with Crippen molar-refractivity contribution in [3.05, 3.63) is 70.8 Å². The van der Waals surface area contributed by atoms with Crippen molar-refractivity contribution in [2.75, 3.05) is 22.9 Å². The van der Waals surface area contributed by atoms with E-state index in [-0.39, 0.29) is 23.4 Å². The third-order valence-corrected chi connectivity index (χ3v) is 5.18. The molecule has 3 aromatic rings. The van der Waals surface area contributed by atoms with E-state index in [1.807, 2.05) is 24.3 Å². The second-order valence-corrected chi connectivity index (χ2v) is 7.74. The summed E-state index contributed by atoms with van der Waals surface area (Å²) in [5, 5.41) is 15.4. The van der Waals surface area contributed by atoms with Gasteiger partial charge in [0, 0.05) is 11.1 Å². The maximum Gasteiger partial charge on any atom is 0.243 e. The number of halogens is 2. The number of anilines is 2. The Hall–Kier alpha value is -2.92. The van der Waals surface area contributed by atoms with Crippen molar-refractivity contribution in [3.8, 4) is 17.7 Å². The molecule has 0 bridgehead atoms. The van der Waals surface area contributed by atoms with Crippen molar-refractivity contribution >= 4 is 52.2 Å². The van der Waals surface area contributed by atoms with Crippen LogP contribution in [0.15, 0.2) is 65.7 Å². The van der Waals surface area contributed by atoms with Gasteiger partial charge < -0.3 is 15.4 Å². The smallest absolute Gasteiger partial charge is 0.243 e. The number of ether oxygens (including phenoxy) is 1. The topological polar surface area (TPSA) is 87.0 Å². The van der Waals surface area contributed by atoms with E-state index in [2.05, 4.69) is 21.7 Å². The van der Waals surface area contributed by atoms with Crippen LogP contribution >= 0.6 is 35.0 Å². The average molecular weight is 459 g/mol. The van der Waals surface area contributed by atoms with Gasteiger partial charge in [0.25, 0.3) is 0 Å². The average Bonchev–Trinajstić information content (AvgIpc) is 2.74. The van der Waals surface area contributed by atoms with Crippen molar-refractivity contribution < 1.29 is 9.53 Å². The quantitative estimate of drug-likeness (QED) is 0.411. The van der Waals surface area contributed by atoms with Crippen LogP contribution in [0, 0.1) is 11.3 Å². The number of carbonyl (C=O) groups is 1. The predicted molar refractivity (Wildman–Crippen MR) is 121 cm³/mol. The van der Waals surface area contributed by atoms with Crippen LogP contribution in [0.3, 0.4) is 0 Å². The molecule has 1 aromatic heterocycles. The first-order valence-corrected chi connectivity index (χ1v) is 10.5. The van der Waals surface area contributed by atoms with Gasteiger partial charge in [0.2, 0.25) is 11.8 Å². The molecule has 0 unspecified atom stereocenters. The highest BCUT2D eigenvalue weighted by molar-refractivity contribution is 7.99. The van der Waals surface area contributed by atoms with E-state index in [0.29, 0.717) is 27.9 Å². The normalized spacial score (nSPS) is 10.2. The first kappa shape index (κ1) is 21.8. The number of aromatic nitrogens is 1. The summed E-state index contributed by atoms with van der Waals surface area (Å²) in [6.07, 6.45) is 1.44. The Kier molecular flexibility index (Phi) is 7.80. The van der Waals surface area contributed by atoms with Crippen LogP contribution in [0.25, 0.3) is 0 Å². The molecular weight excluding hydrogens is 443 g/mol. The number of carbonyl (C=O) groups excluding carboxylic acids is 1. The molecule has 30 heavy (non-hydrogen) atoms. The molecule has 0 radical (unpaired) electrons. The monoisotopic (exact) mass is 458 g/mol. The van der Waals surface area contributed by atoms with Crippen molar-refractivity contribution in [2.24, 2.45) is 0 Å². The van der Waals surface area contributed by atoms with E-state index in [9.17, 15) is 4.79 Å². The predicted octanol–water partition coefficient (Wildman–Crippen LogP) is 5.85. The maximum absolute atomic E-state index is 12.4. The highest BCUT2D eigenvalue weighted by Crippen LogP contribution is 2.33. The van der Waals surface area contributed by atoms with Crippen LogP contribution < -0.4 is 15.4 Å². The first-order chi connectivity index (χ1) is 14.6. The van der Waals surface area contributed by atoms with Gasteiger partial charge in [-0.3, -0.25) is 4.79 Å². The molecule has 0 aliphatic rings. The van der Waals surface area contributed by atoms with E-state index < -0.39 is 0 Å². The number of amides is 1. The first-order valence-electron chi connectivity index (χ1n) is 8.77. The minimum atomic E-state index is -0.238. The van der Waals surface area contributed by atoms with Gasteiger partial charge in [0.15, 0.2) is 5.75 Å². The molecule has 0 spiro atoms. The van der Waals surface area contributed by atoms with E-state index in [1.165, 1.54) is 24.0 Å². The summed E-state index contributed by atoms with van der Waals surface area (Å²) in [4.78, 5) is 17.4. The Labute approximate surface area is 188 Å². The summed E-state index contributed by atoms with van der Waals surface area (Å²) < 4.78 is 5.78. The lowest BCUT2D eigenvalue weighted by atomic mass is 10.3. The fourth-order valence-electron chi connectivity index (χ4n) is 2.46. The number of nitriles is 1. The second-order valence-electron chi connectivity index (χ2n) is 5.88. The van der Waals surface area contributed by atoms with Gasteiger partial charge in [0.1, 0.15) is 5.02 Å². The number of thioether (sulfide) groups is 1. The van der Waals surface area contributed by atoms with Gasteiger partial charge in [-0.25, -0.2) is 4.98 Å². The third kappa shape index (κ3) is 6.04. The molecular formula is C21H16Cl2N4O2S. The second kappa shape index (κ2) is 10.7. The van der Waals surface area contributed by atoms with Gasteiger partial charge in [-0.15, -0.1) is 11.8 Å². The number of nitrogens with one attached hydrogen (secondary N) is 2. The lowest BCUT2D eigenvalue weighted by Crippen LogP contribution is -2.22. The largest absolute Gasteiger partial charge is 0.435 e. The van der Waals surface area contributed by atoms with Crippen LogP contribution in [-0.2, 0) is 4.79 Å². The van der Waals surface area contributed by atoms with E-state index in [1.54, 1.807) is 24.3 Å². The van der Waals surface area contributed by atoms with E-state index in [0.717, 1.165) is 4.90 Å². The summed E-state index contributed by atoms with van der Waals surface area (Å²) >= 11 is 13.4. The molecule has 152 valence electrons. The van der Waals surface area contributed by atoms with E-state index in [4.69, 9.17) is 33.2 Å². The van der Waals surface area contributed by atoms with Gasteiger partial charge in [-0.05, 0) is 30.3 Å². The molecule has 1 amide bonds. The Bertz CT molecular complexity index is 1090. The summed E-state index contributed by atoms with van der Waals surface area (Å²) in [5.74, 6) is 0.740. The Morgan fingerprint density at radius 1 is 1.13 bits per heavy atom. The van der Waals surface area contributed by atoms with Gasteiger partial charge in [-0.1, -0.05) is 47.5 Å². The summed E-state index contributed by atoms with van der Waals surface area (Å²) in [6, 6.07) is 18.1. The van der Waals surface area contributed by atoms with Gasteiger partial charge in [-0.2, -0.15) is 5.26 Å². The number of hydrogen-bond acceptors (Lipinski definition) is 6. The standard InChI is InChI=1S/C21H16Cl2N4O2S/c22-14-11-15(23)21(26-12-14)29-18-7-3-1-5-16(18)25-13-20(28)27-17-6-2-4-8-19(17)30-10-9-24/h1-8,11-12,25H,10,13H2,(H,27,28). The Morgan fingerprint density at radius 3 is 2.63 bits per heavy atom. The number of pyridine rings is 1. The zero-order valence-corrected chi connectivity index (χ0v) is 17.9. The highest BCUT2D eigenvalue weighted by atomic mass is 35.5. The molecule has 6 nitrogen and oxygen atoms in total. The Balaban J connectivity index is 1.65. The molecule has 3 rings (SSSR count). The number of hydrogen-bond donors (Lipinski definition) is 2. The highest BCUT2D eigenvalue weighted by Gasteiger charge is 2.11. The molecule has 2 aromatic carbocycles. The summed E-state index contributed by atoms with van der Waals surface area (Å²) in [6.45, 7) is 0.0133. The number of rotatable bonds is 8. The molecule has 0 saturated carbocycles. The van der Waals surface area contributed by atoms with Crippen molar-refractivity contribution in [1.82, 2.24) is 4.98 Å². The molecule has 1 heterocycles. The zero-order valence-electron chi connectivity index (χ0n) is 15.6. The van der Waals surface area contributed by atoms with Crippen molar-refractivity contribution in [1.29, 1.82) is 5.26 Å². The molecule has 0 atom stereocenters. The fourth-order valence-corrected chi connectivity index (χ4v) is 3.55. The van der Waals surface area contributed by atoms with Crippen molar-refractivity contribution in [3.63, 3.8) is 0 Å².